The fourth-order valence-corrected chi connectivity index (χ4v) is 4.40. The van der Waals surface area contributed by atoms with E-state index in [-0.39, 0.29) is 22.6 Å². The molecule has 0 saturated heterocycles. The number of nitrogens with one attached hydrogen (secondary N) is 3. The van der Waals surface area contributed by atoms with E-state index in [1.54, 1.807) is 32.0 Å². The van der Waals surface area contributed by atoms with E-state index in [9.17, 15) is 22.4 Å². The molecule has 12 heteroatoms. The average Bonchev–Trinajstić information content (AvgIpc) is 3.70. The molecule has 1 spiro atoms. The van der Waals surface area contributed by atoms with E-state index in [0.29, 0.717) is 17.9 Å². The number of aromatic nitrogens is 1. The maximum Gasteiger partial charge on any atom is 0.405 e. The van der Waals surface area contributed by atoms with Gasteiger partial charge >= 0.3 is 6.18 Å². The molecule has 1 amide bonds. The highest BCUT2D eigenvalue weighted by molar-refractivity contribution is 6.25. The predicted molar refractivity (Wildman–Crippen MR) is 150 cm³/mol. The fourth-order valence-electron chi connectivity index (χ4n) is 4.40. The number of hydrogen-bond acceptors (Lipinski definition) is 6. The lowest BCUT2D eigenvalue weighted by molar-refractivity contribution is -0.136. The van der Waals surface area contributed by atoms with E-state index in [0.717, 1.165) is 31.1 Å². The third-order valence-electron chi connectivity index (χ3n) is 6.73. The van der Waals surface area contributed by atoms with E-state index in [4.69, 9.17) is 0 Å². The van der Waals surface area contributed by atoms with Crippen molar-refractivity contribution in [3.05, 3.63) is 65.0 Å². The van der Waals surface area contributed by atoms with Gasteiger partial charge in [-0.05, 0) is 62.0 Å². The lowest BCUT2D eigenvalue weighted by Crippen LogP contribution is -2.37. The molecule has 1 fully saturated rings. The average molecular weight is 562 g/mol. The smallest absolute Gasteiger partial charge is 0.343 e. The first-order valence-corrected chi connectivity index (χ1v) is 12.8. The second-order valence-corrected chi connectivity index (χ2v) is 10.3. The molecule has 2 aromatic rings. The first kappa shape index (κ1) is 30.9. The Morgan fingerprint density at radius 2 is 1.95 bits per heavy atom. The molecule has 216 valence electrons. The largest absolute Gasteiger partial charge is 0.405 e. The topological polar surface area (TPSA) is 117 Å². The van der Waals surface area contributed by atoms with Crippen molar-refractivity contribution >= 4 is 30.0 Å². The van der Waals surface area contributed by atoms with Gasteiger partial charge in [0.15, 0.2) is 5.82 Å². The van der Waals surface area contributed by atoms with Crippen LogP contribution in [0.5, 0.6) is 0 Å². The molecule has 1 aliphatic carbocycles. The molecule has 2 heterocycles. The van der Waals surface area contributed by atoms with E-state index in [1.807, 2.05) is 23.5 Å². The summed E-state index contributed by atoms with van der Waals surface area (Å²) in [6.45, 7) is 6.13. The molecule has 0 bridgehead atoms. The summed E-state index contributed by atoms with van der Waals surface area (Å²) in [5.74, 6) is -0.982. The third kappa shape index (κ3) is 7.51. The number of amides is 1. The second kappa shape index (κ2) is 12.7. The molecule has 1 aromatic carbocycles. The van der Waals surface area contributed by atoms with Gasteiger partial charge in [0.2, 0.25) is 0 Å². The zero-order chi connectivity index (χ0) is 29.6. The highest BCUT2D eigenvalue weighted by Crippen LogP contribution is 2.50. The van der Waals surface area contributed by atoms with Gasteiger partial charge in [0.1, 0.15) is 24.6 Å². The standard InChI is InChI=1S/C27H30F4N6O.CH5N/c1-25(2,14-28)21-5-4-6-22(36-21)37-23(19(13-32-3)24(38)34-16-27(29,30)31)35-18-7-8-20-17(11-18)12-33-15-26(20)9-10-26;1-2/h4-8,11,13,33H,3,9-10,12,14-16H2,1-2H3,(H,34,38)(H,35,36,37);2H2,1H3/b19-13+;. The van der Waals surface area contributed by atoms with Crippen LogP contribution in [0.4, 0.5) is 29.1 Å². The highest BCUT2D eigenvalue weighted by atomic mass is 19.4. The molecule has 0 radical (unpaired) electrons. The maximum absolute atomic E-state index is 13.6. The number of nitrogens with two attached hydrogens (primary N) is 1. The van der Waals surface area contributed by atoms with Gasteiger partial charge in [0.05, 0.1) is 5.69 Å². The van der Waals surface area contributed by atoms with E-state index >= 15 is 0 Å². The van der Waals surface area contributed by atoms with Crippen molar-refractivity contribution < 1.29 is 22.4 Å². The molecule has 0 unspecified atom stereocenters. The summed E-state index contributed by atoms with van der Waals surface area (Å²) in [4.78, 5) is 25.3. The minimum Gasteiger partial charge on any atom is -0.343 e. The summed E-state index contributed by atoms with van der Waals surface area (Å²) in [7, 11) is 1.50. The van der Waals surface area contributed by atoms with E-state index in [2.05, 4.69) is 38.1 Å². The monoisotopic (exact) mass is 561 g/mol. The van der Waals surface area contributed by atoms with Crippen molar-refractivity contribution in [2.75, 3.05) is 32.1 Å². The van der Waals surface area contributed by atoms with Crippen molar-refractivity contribution in [3.63, 3.8) is 0 Å². The molecule has 2 aliphatic rings. The number of benzene rings is 1. The Hall–Kier alpha value is -3.64. The Labute approximate surface area is 231 Å². The van der Waals surface area contributed by atoms with Gasteiger partial charge in [-0.2, -0.15) is 13.2 Å². The third-order valence-corrected chi connectivity index (χ3v) is 6.73. The SMILES string of the molecule is C=N/C=C(C(=O)NCC(F)(F)F)\C(=N\c1cccc(C(C)(C)CF)n1)Nc1ccc2c(c1)CNCC21CC1.CN. The summed E-state index contributed by atoms with van der Waals surface area (Å²) in [5.41, 5.74) is 6.90. The van der Waals surface area contributed by atoms with Crippen molar-refractivity contribution in [2.45, 2.75) is 50.2 Å². The van der Waals surface area contributed by atoms with Crippen molar-refractivity contribution in [2.24, 2.45) is 15.7 Å². The Kier molecular flexibility index (Phi) is 9.80. The first-order chi connectivity index (χ1) is 19.0. The van der Waals surface area contributed by atoms with Gasteiger partial charge in [0.25, 0.3) is 5.91 Å². The number of amidine groups is 1. The van der Waals surface area contributed by atoms with Crippen molar-refractivity contribution in [1.29, 1.82) is 0 Å². The van der Waals surface area contributed by atoms with Gasteiger partial charge in [-0.1, -0.05) is 26.0 Å². The van der Waals surface area contributed by atoms with Crippen LogP contribution < -0.4 is 21.7 Å². The van der Waals surface area contributed by atoms with Gasteiger partial charge in [-0.15, -0.1) is 0 Å². The van der Waals surface area contributed by atoms with E-state index in [1.165, 1.54) is 12.6 Å². The lowest BCUT2D eigenvalue weighted by Gasteiger charge is -2.27. The molecule has 4 rings (SSSR count). The number of carbonyl (C=O) groups excluding carboxylic acids is 1. The summed E-state index contributed by atoms with van der Waals surface area (Å²) >= 11 is 0. The number of fused-ring (bicyclic) bond motifs is 2. The lowest BCUT2D eigenvalue weighted by atomic mass is 9.88. The van der Waals surface area contributed by atoms with Crippen LogP contribution in [0.15, 0.2) is 58.2 Å². The van der Waals surface area contributed by atoms with Gasteiger partial charge in [0, 0.05) is 35.8 Å². The Morgan fingerprint density at radius 1 is 1.23 bits per heavy atom. The van der Waals surface area contributed by atoms with E-state index < -0.39 is 30.7 Å². The normalized spacial score (nSPS) is 16.4. The Bertz CT molecular complexity index is 1280. The van der Waals surface area contributed by atoms with Crippen LogP contribution in [0.2, 0.25) is 0 Å². The van der Waals surface area contributed by atoms with Crippen LogP contribution >= 0.6 is 0 Å². The minimum absolute atomic E-state index is 0.0790. The molecular formula is C28H35F4N7O. The molecule has 1 aliphatic heterocycles. The molecule has 5 N–H and O–H groups in total. The number of nitrogens with zero attached hydrogens (tertiary/aromatic N) is 3. The summed E-state index contributed by atoms with van der Waals surface area (Å²) < 4.78 is 52.0. The summed E-state index contributed by atoms with van der Waals surface area (Å²) in [6, 6.07) is 10.7. The highest BCUT2D eigenvalue weighted by Gasteiger charge is 2.46. The maximum atomic E-state index is 13.6. The van der Waals surface area contributed by atoms with Crippen LogP contribution in [-0.2, 0) is 22.2 Å². The Morgan fingerprint density at radius 3 is 2.58 bits per heavy atom. The Balaban J connectivity index is 0.00000216. The number of halogens is 4. The van der Waals surface area contributed by atoms with Crippen LogP contribution in [0.1, 0.15) is 43.5 Å². The number of alkyl halides is 4. The first-order valence-electron chi connectivity index (χ1n) is 12.8. The van der Waals surface area contributed by atoms with Crippen LogP contribution in [0.3, 0.4) is 0 Å². The van der Waals surface area contributed by atoms with Crippen LogP contribution in [-0.4, -0.2) is 56.4 Å². The molecule has 8 nitrogen and oxygen atoms in total. The summed E-state index contributed by atoms with van der Waals surface area (Å²) in [5, 5.41) is 8.35. The molecule has 40 heavy (non-hydrogen) atoms. The fraction of sp³-hybridized carbons (Fsp3) is 0.429. The molecule has 1 saturated carbocycles. The molecule has 1 aromatic heterocycles. The van der Waals surface area contributed by atoms with Gasteiger partial charge in [-0.25, -0.2) is 9.98 Å². The molecular weight excluding hydrogens is 526 g/mol. The predicted octanol–water partition coefficient (Wildman–Crippen LogP) is 4.44. The zero-order valence-electron chi connectivity index (χ0n) is 22.8. The number of rotatable bonds is 8. The summed E-state index contributed by atoms with van der Waals surface area (Å²) in [6.07, 6.45) is -1.35. The number of anilines is 1. The van der Waals surface area contributed by atoms with Crippen molar-refractivity contribution in [1.82, 2.24) is 15.6 Å². The second-order valence-electron chi connectivity index (χ2n) is 10.3. The van der Waals surface area contributed by atoms with Gasteiger partial charge in [-0.3, -0.25) is 14.2 Å². The number of pyridine rings is 1. The number of carbonyl (C=O) groups is 1. The number of hydrogen-bond donors (Lipinski definition) is 4. The van der Waals surface area contributed by atoms with Crippen LogP contribution in [0, 0.1) is 0 Å². The minimum atomic E-state index is -4.61. The van der Waals surface area contributed by atoms with Crippen LogP contribution in [0.25, 0.3) is 0 Å². The van der Waals surface area contributed by atoms with Gasteiger partial charge < -0.3 is 21.7 Å². The van der Waals surface area contributed by atoms with Crippen molar-refractivity contribution in [3.8, 4) is 0 Å². The zero-order valence-corrected chi connectivity index (χ0v) is 22.8. The quantitative estimate of drug-likeness (QED) is 0.165. The molecule has 0 atom stereocenters. The number of aliphatic imine (C=N–C) groups is 2.